The van der Waals surface area contributed by atoms with E-state index in [0.29, 0.717) is 12.3 Å². The summed E-state index contributed by atoms with van der Waals surface area (Å²) in [7, 11) is 0. The monoisotopic (exact) mass is 279 g/mol. The van der Waals surface area contributed by atoms with Gasteiger partial charge in [-0.1, -0.05) is 35.3 Å². The highest BCUT2D eigenvalue weighted by atomic mass is 35.5. The van der Waals surface area contributed by atoms with Gasteiger partial charge in [0.1, 0.15) is 0 Å². The highest BCUT2D eigenvalue weighted by molar-refractivity contribution is 6.30. The van der Waals surface area contributed by atoms with E-state index in [4.69, 9.17) is 21.9 Å². The Labute approximate surface area is 118 Å². The van der Waals surface area contributed by atoms with Gasteiger partial charge in [0, 0.05) is 17.9 Å². The second-order valence-electron chi connectivity index (χ2n) is 4.51. The number of rotatable bonds is 7. The second kappa shape index (κ2) is 7.26. The molecule has 2 rings (SSSR count). The second-order valence-corrected chi connectivity index (χ2v) is 4.94. The fourth-order valence-corrected chi connectivity index (χ4v) is 1.97. The zero-order valence-corrected chi connectivity index (χ0v) is 11.6. The largest absolute Gasteiger partial charge is 0.339 e. The van der Waals surface area contributed by atoms with Gasteiger partial charge in [-0.05, 0) is 37.1 Å². The molecular weight excluding hydrogens is 262 g/mol. The van der Waals surface area contributed by atoms with Crippen LogP contribution in [0, 0.1) is 0 Å². The van der Waals surface area contributed by atoms with E-state index in [0.717, 1.165) is 48.6 Å². The van der Waals surface area contributed by atoms with Gasteiger partial charge in [0.2, 0.25) is 5.89 Å². The van der Waals surface area contributed by atoms with Crippen molar-refractivity contribution in [3.8, 4) is 0 Å². The Morgan fingerprint density at radius 2 is 1.89 bits per heavy atom. The molecule has 4 nitrogen and oxygen atoms in total. The number of hydrogen-bond acceptors (Lipinski definition) is 4. The van der Waals surface area contributed by atoms with E-state index in [2.05, 4.69) is 10.1 Å². The van der Waals surface area contributed by atoms with E-state index in [1.54, 1.807) is 0 Å². The molecule has 1 aromatic carbocycles. The molecule has 19 heavy (non-hydrogen) atoms. The number of nitrogens with zero attached hydrogens (tertiary/aromatic N) is 2. The maximum absolute atomic E-state index is 5.84. The van der Waals surface area contributed by atoms with Crippen molar-refractivity contribution in [2.24, 2.45) is 5.73 Å². The summed E-state index contributed by atoms with van der Waals surface area (Å²) in [5.74, 6) is 1.43. The molecule has 0 saturated heterocycles. The van der Waals surface area contributed by atoms with Crippen molar-refractivity contribution >= 4 is 11.6 Å². The first kappa shape index (κ1) is 14.0. The van der Waals surface area contributed by atoms with Crippen LogP contribution in [0.2, 0.25) is 5.02 Å². The van der Waals surface area contributed by atoms with Crippen molar-refractivity contribution in [1.82, 2.24) is 10.1 Å². The number of halogens is 1. The van der Waals surface area contributed by atoms with Crippen LogP contribution in [0.4, 0.5) is 0 Å². The van der Waals surface area contributed by atoms with E-state index >= 15 is 0 Å². The predicted octanol–water partition coefficient (Wildman–Crippen LogP) is 2.99. The lowest BCUT2D eigenvalue weighted by Gasteiger charge is -1.96. The Hall–Kier alpha value is -1.39. The molecule has 0 aliphatic carbocycles. The van der Waals surface area contributed by atoms with Crippen LogP contribution in [0.1, 0.15) is 36.5 Å². The summed E-state index contributed by atoms with van der Waals surface area (Å²) >= 11 is 5.84. The van der Waals surface area contributed by atoms with Crippen molar-refractivity contribution in [2.45, 2.75) is 32.1 Å². The van der Waals surface area contributed by atoms with Gasteiger partial charge >= 0.3 is 0 Å². The summed E-state index contributed by atoms with van der Waals surface area (Å²) in [6.07, 6.45) is 4.69. The predicted molar refractivity (Wildman–Crippen MR) is 75.2 cm³/mol. The molecule has 2 aromatic rings. The topological polar surface area (TPSA) is 64.9 Å². The molecule has 0 amide bonds. The average Bonchev–Trinajstić information content (AvgIpc) is 2.85. The number of aryl methyl sites for hydroxylation is 1. The summed E-state index contributed by atoms with van der Waals surface area (Å²) in [6.45, 7) is 0.742. The minimum absolute atomic E-state index is 0.670. The fraction of sp³-hybridized carbons (Fsp3) is 0.429. The molecule has 1 heterocycles. The number of hydrogen-bond donors (Lipinski definition) is 1. The van der Waals surface area contributed by atoms with Gasteiger partial charge in [-0.3, -0.25) is 0 Å². The third-order valence-corrected chi connectivity index (χ3v) is 3.13. The lowest BCUT2D eigenvalue weighted by Crippen LogP contribution is -1.98. The fourth-order valence-electron chi connectivity index (χ4n) is 1.85. The van der Waals surface area contributed by atoms with E-state index in [9.17, 15) is 0 Å². The van der Waals surface area contributed by atoms with Crippen LogP contribution >= 0.6 is 11.6 Å². The molecule has 0 unspecified atom stereocenters. The van der Waals surface area contributed by atoms with Crippen molar-refractivity contribution in [3.63, 3.8) is 0 Å². The van der Waals surface area contributed by atoms with E-state index in [1.807, 2.05) is 24.3 Å². The SMILES string of the molecule is NCCCCCc1nc(Cc2ccc(Cl)cc2)no1. The number of aromatic nitrogens is 2. The summed E-state index contributed by atoms with van der Waals surface area (Å²) in [5, 5.41) is 4.72. The normalized spacial score (nSPS) is 10.8. The van der Waals surface area contributed by atoms with Crippen LogP contribution < -0.4 is 5.73 Å². The van der Waals surface area contributed by atoms with Gasteiger partial charge in [-0.2, -0.15) is 4.98 Å². The lowest BCUT2D eigenvalue weighted by molar-refractivity contribution is 0.369. The van der Waals surface area contributed by atoms with Crippen LogP contribution in [0.25, 0.3) is 0 Å². The standard InChI is InChI=1S/C14H18ClN3O/c15-12-7-5-11(6-8-12)10-13-17-14(19-18-13)4-2-1-3-9-16/h5-8H,1-4,9-10,16H2. The Morgan fingerprint density at radius 1 is 1.11 bits per heavy atom. The molecule has 102 valence electrons. The molecule has 5 heteroatoms. The van der Waals surface area contributed by atoms with E-state index in [1.165, 1.54) is 0 Å². The number of unbranched alkanes of at least 4 members (excludes halogenated alkanes) is 2. The molecule has 0 atom stereocenters. The van der Waals surface area contributed by atoms with Gasteiger partial charge in [-0.15, -0.1) is 0 Å². The molecule has 1 aromatic heterocycles. The van der Waals surface area contributed by atoms with Crippen molar-refractivity contribution < 1.29 is 4.52 Å². The van der Waals surface area contributed by atoms with Gasteiger partial charge in [0.25, 0.3) is 0 Å². The maximum atomic E-state index is 5.84. The minimum Gasteiger partial charge on any atom is -0.339 e. The van der Waals surface area contributed by atoms with Gasteiger partial charge < -0.3 is 10.3 Å². The molecular formula is C14H18ClN3O. The zero-order valence-electron chi connectivity index (χ0n) is 10.8. The maximum Gasteiger partial charge on any atom is 0.226 e. The van der Waals surface area contributed by atoms with Crippen LogP contribution in [0.5, 0.6) is 0 Å². The van der Waals surface area contributed by atoms with Crippen LogP contribution in [-0.2, 0) is 12.8 Å². The smallest absolute Gasteiger partial charge is 0.226 e. The Balaban J connectivity index is 1.85. The first-order valence-electron chi connectivity index (χ1n) is 6.54. The third kappa shape index (κ3) is 4.65. The van der Waals surface area contributed by atoms with Crippen molar-refractivity contribution in [3.05, 3.63) is 46.6 Å². The Morgan fingerprint density at radius 3 is 2.63 bits per heavy atom. The Bertz CT molecular complexity index is 496. The summed E-state index contributed by atoms with van der Waals surface area (Å²) < 4.78 is 5.22. The van der Waals surface area contributed by atoms with Crippen LogP contribution in [0.15, 0.2) is 28.8 Å². The van der Waals surface area contributed by atoms with E-state index in [-0.39, 0.29) is 0 Å². The molecule has 0 spiro atoms. The first-order valence-corrected chi connectivity index (χ1v) is 6.91. The van der Waals surface area contributed by atoms with Gasteiger partial charge in [0.15, 0.2) is 5.82 Å². The average molecular weight is 280 g/mol. The molecule has 0 aliphatic heterocycles. The molecule has 2 N–H and O–H groups in total. The number of nitrogens with two attached hydrogens (primary N) is 1. The molecule has 0 radical (unpaired) electrons. The van der Waals surface area contributed by atoms with Crippen molar-refractivity contribution in [1.29, 1.82) is 0 Å². The summed E-state index contributed by atoms with van der Waals surface area (Å²) in [5.41, 5.74) is 6.57. The van der Waals surface area contributed by atoms with Crippen LogP contribution in [-0.4, -0.2) is 16.7 Å². The van der Waals surface area contributed by atoms with Gasteiger partial charge in [0.05, 0.1) is 0 Å². The van der Waals surface area contributed by atoms with Gasteiger partial charge in [-0.25, -0.2) is 0 Å². The summed E-state index contributed by atoms with van der Waals surface area (Å²) in [6, 6.07) is 7.68. The highest BCUT2D eigenvalue weighted by Gasteiger charge is 2.06. The number of benzene rings is 1. The van der Waals surface area contributed by atoms with Crippen molar-refractivity contribution in [2.75, 3.05) is 6.54 Å². The zero-order chi connectivity index (χ0) is 13.5. The molecule has 0 saturated carbocycles. The first-order chi connectivity index (χ1) is 9.28. The Kier molecular flexibility index (Phi) is 5.36. The third-order valence-electron chi connectivity index (χ3n) is 2.88. The summed E-state index contributed by atoms with van der Waals surface area (Å²) in [4.78, 5) is 4.38. The molecule has 0 fully saturated rings. The highest BCUT2D eigenvalue weighted by Crippen LogP contribution is 2.13. The van der Waals surface area contributed by atoms with Crippen LogP contribution in [0.3, 0.4) is 0 Å². The minimum atomic E-state index is 0.670. The molecule has 0 aliphatic rings. The van der Waals surface area contributed by atoms with E-state index < -0.39 is 0 Å². The molecule has 0 bridgehead atoms. The quantitative estimate of drug-likeness (QED) is 0.791. The lowest BCUT2D eigenvalue weighted by atomic mass is 10.1.